The Labute approximate surface area is 161 Å². The molecule has 0 spiro atoms. The third-order valence-corrected chi connectivity index (χ3v) is 4.70. The summed E-state index contributed by atoms with van der Waals surface area (Å²) < 4.78 is 14.5. The molecule has 26 heavy (non-hydrogen) atoms. The molecule has 132 valence electrons. The number of halogens is 2. The lowest BCUT2D eigenvalue weighted by Crippen LogP contribution is -2.15. The van der Waals surface area contributed by atoms with E-state index in [4.69, 9.17) is 0 Å². The van der Waals surface area contributed by atoms with Crippen molar-refractivity contribution in [3.63, 3.8) is 0 Å². The van der Waals surface area contributed by atoms with Crippen LogP contribution in [0.5, 0.6) is 0 Å². The van der Waals surface area contributed by atoms with Gasteiger partial charge in [0, 0.05) is 15.5 Å². The van der Waals surface area contributed by atoms with Crippen molar-refractivity contribution in [2.75, 3.05) is 10.6 Å². The third-order valence-electron chi connectivity index (χ3n) is 3.36. The highest BCUT2D eigenvalue weighted by molar-refractivity contribution is 9.10. The molecule has 3 rings (SSSR count). The SMILES string of the molecule is O=C(Cc1csc(NC(=O)c2ccccc2F)n1)Nc1ccc(Br)cc1. The van der Waals surface area contributed by atoms with Crippen LogP contribution in [-0.4, -0.2) is 16.8 Å². The Kier molecular flexibility index (Phi) is 5.75. The lowest BCUT2D eigenvalue weighted by atomic mass is 10.2. The number of nitrogens with one attached hydrogen (secondary N) is 2. The Morgan fingerprint density at radius 1 is 1.08 bits per heavy atom. The van der Waals surface area contributed by atoms with Gasteiger partial charge in [0.1, 0.15) is 5.82 Å². The molecule has 2 N–H and O–H groups in total. The van der Waals surface area contributed by atoms with Crippen LogP contribution in [0.15, 0.2) is 58.4 Å². The molecule has 2 aromatic carbocycles. The number of nitrogens with zero attached hydrogens (tertiary/aromatic N) is 1. The van der Waals surface area contributed by atoms with Gasteiger partial charge in [-0.15, -0.1) is 11.3 Å². The number of thiazole rings is 1. The highest BCUT2D eigenvalue weighted by Crippen LogP contribution is 2.19. The van der Waals surface area contributed by atoms with Crippen LogP contribution in [-0.2, 0) is 11.2 Å². The van der Waals surface area contributed by atoms with Crippen LogP contribution in [0, 0.1) is 5.82 Å². The molecule has 0 unspecified atom stereocenters. The number of aromatic nitrogens is 1. The first kappa shape index (κ1) is 18.2. The van der Waals surface area contributed by atoms with Crippen molar-refractivity contribution in [3.8, 4) is 0 Å². The summed E-state index contributed by atoms with van der Waals surface area (Å²) in [6, 6.07) is 12.9. The summed E-state index contributed by atoms with van der Waals surface area (Å²) in [7, 11) is 0. The zero-order valence-electron chi connectivity index (χ0n) is 13.3. The Morgan fingerprint density at radius 2 is 1.81 bits per heavy atom. The fourth-order valence-electron chi connectivity index (χ4n) is 2.16. The van der Waals surface area contributed by atoms with Gasteiger partial charge in [-0.05, 0) is 36.4 Å². The molecule has 0 saturated carbocycles. The van der Waals surface area contributed by atoms with Gasteiger partial charge in [0.25, 0.3) is 5.91 Å². The first-order valence-electron chi connectivity index (χ1n) is 7.57. The number of anilines is 2. The number of rotatable bonds is 5. The molecule has 2 amide bonds. The van der Waals surface area contributed by atoms with Gasteiger partial charge in [-0.1, -0.05) is 28.1 Å². The lowest BCUT2D eigenvalue weighted by molar-refractivity contribution is -0.115. The van der Waals surface area contributed by atoms with Crippen LogP contribution < -0.4 is 10.6 Å². The second-order valence-electron chi connectivity index (χ2n) is 5.31. The zero-order valence-corrected chi connectivity index (χ0v) is 15.7. The van der Waals surface area contributed by atoms with Gasteiger partial charge >= 0.3 is 0 Å². The predicted octanol–water partition coefficient (Wildman–Crippen LogP) is 4.48. The molecule has 8 heteroatoms. The molecule has 0 saturated heterocycles. The maximum absolute atomic E-state index is 13.6. The van der Waals surface area contributed by atoms with E-state index in [2.05, 4.69) is 31.5 Å². The molecule has 0 atom stereocenters. The number of carbonyl (C=O) groups excluding carboxylic acids is 2. The molecular weight excluding hydrogens is 421 g/mol. The maximum atomic E-state index is 13.6. The van der Waals surface area contributed by atoms with Crippen molar-refractivity contribution in [2.24, 2.45) is 0 Å². The zero-order chi connectivity index (χ0) is 18.5. The van der Waals surface area contributed by atoms with Gasteiger partial charge in [-0.3, -0.25) is 14.9 Å². The fraction of sp³-hybridized carbons (Fsp3) is 0.0556. The monoisotopic (exact) mass is 433 g/mol. The maximum Gasteiger partial charge on any atom is 0.260 e. The molecule has 0 radical (unpaired) electrons. The van der Waals surface area contributed by atoms with Gasteiger partial charge in [-0.2, -0.15) is 0 Å². The number of amides is 2. The molecule has 0 aliphatic rings. The second kappa shape index (κ2) is 8.20. The van der Waals surface area contributed by atoms with E-state index in [0.29, 0.717) is 16.5 Å². The Morgan fingerprint density at radius 3 is 2.54 bits per heavy atom. The highest BCUT2D eigenvalue weighted by atomic mass is 79.9. The minimum atomic E-state index is -0.601. The predicted molar refractivity (Wildman–Crippen MR) is 103 cm³/mol. The van der Waals surface area contributed by atoms with E-state index in [9.17, 15) is 14.0 Å². The quantitative estimate of drug-likeness (QED) is 0.622. The van der Waals surface area contributed by atoms with Gasteiger partial charge in [0.15, 0.2) is 5.13 Å². The smallest absolute Gasteiger partial charge is 0.260 e. The van der Waals surface area contributed by atoms with Crippen LogP contribution >= 0.6 is 27.3 Å². The normalized spacial score (nSPS) is 10.4. The van der Waals surface area contributed by atoms with Crippen LogP contribution in [0.4, 0.5) is 15.2 Å². The minimum absolute atomic E-state index is 0.0581. The standard InChI is InChI=1S/C18H13BrFN3O2S/c19-11-5-7-12(8-6-11)21-16(24)9-13-10-26-18(22-13)23-17(25)14-3-1-2-4-15(14)20/h1-8,10H,9H2,(H,21,24)(H,22,23,25). The largest absolute Gasteiger partial charge is 0.326 e. The Bertz CT molecular complexity index is 944. The van der Waals surface area contributed by atoms with E-state index in [1.54, 1.807) is 23.6 Å². The van der Waals surface area contributed by atoms with Crippen molar-refractivity contribution < 1.29 is 14.0 Å². The number of carbonyl (C=O) groups is 2. The summed E-state index contributed by atoms with van der Waals surface area (Å²) in [4.78, 5) is 28.3. The summed E-state index contributed by atoms with van der Waals surface area (Å²) >= 11 is 4.51. The molecule has 1 aromatic heterocycles. The first-order valence-corrected chi connectivity index (χ1v) is 9.24. The molecular formula is C18H13BrFN3O2S. The highest BCUT2D eigenvalue weighted by Gasteiger charge is 2.14. The van der Waals surface area contributed by atoms with Crippen molar-refractivity contribution in [1.29, 1.82) is 0 Å². The Hall–Kier alpha value is -2.58. The molecule has 0 fully saturated rings. The summed E-state index contributed by atoms with van der Waals surface area (Å²) in [6.45, 7) is 0. The van der Waals surface area contributed by atoms with Crippen molar-refractivity contribution in [1.82, 2.24) is 4.98 Å². The number of benzene rings is 2. The third kappa shape index (κ3) is 4.74. The minimum Gasteiger partial charge on any atom is -0.326 e. The number of hydrogen-bond donors (Lipinski definition) is 2. The van der Waals surface area contributed by atoms with Gasteiger partial charge < -0.3 is 5.32 Å². The van der Waals surface area contributed by atoms with E-state index in [-0.39, 0.29) is 17.9 Å². The topological polar surface area (TPSA) is 71.1 Å². The average Bonchev–Trinajstić information content (AvgIpc) is 3.04. The van der Waals surface area contributed by atoms with Crippen LogP contribution in [0.25, 0.3) is 0 Å². The molecule has 0 aliphatic carbocycles. The molecule has 1 heterocycles. The first-order chi connectivity index (χ1) is 12.5. The molecule has 3 aromatic rings. The fourth-order valence-corrected chi connectivity index (χ4v) is 3.13. The van der Waals surface area contributed by atoms with E-state index < -0.39 is 11.7 Å². The summed E-state index contributed by atoms with van der Waals surface area (Å²) in [5, 5.41) is 7.30. The molecule has 0 bridgehead atoms. The van der Waals surface area contributed by atoms with Crippen molar-refractivity contribution in [2.45, 2.75) is 6.42 Å². The van der Waals surface area contributed by atoms with E-state index in [0.717, 1.165) is 4.47 Å². The summed E-state index contributed by atoms with van der Waals surface area (Å²) in [5.41, 5.74) is 1.15. The summed E-state index contributed by atoms with van der Waals surface area (Å²) in [6.07, 6.45) is 0.0716. The van der Waals surface area contributed by atoms with Gasteiger partial charge in [-0.25, -0.2) is 9.37 Å². The van der Waals surface area contributed by atoms with Gasteiger partial charge in [0.05, 0.1) is 17.7 Å². The van der Waals surface area contributed by atoms with Gasteiger partial charge in [0.2, 0.25) is 5.91 Å². The van der Waals surface area contributed by atoms with E-state index in [1.807, 2.05) is 12.1 Å². The summed E-state index contributed by atoms with van der Waals surface area (Å²) in [5.74, 6) is -1.40. The Balaban J connectivity index is 1.59. The lowest BCUT2D eigenvalue weighted by Gasteiger charge is -2.04. The van der Waals surface area contributed by atoms with Crippen molar-refractivity contribution >= 4 is 49.9 Å². The average molecular weight is 434 g/mol. The van der Waals surface area contributed by atoms with Crippen molar-refractivity contribution in [3.05, 3.63) is 75.5 Å². The molecule has 5 nitrogen and oxygen atoms in total. The second-order valence-corrected chi connectivity index (χ2v) is 7.08. The van der Waals surface area contributed by atoms with Crippen LogP contribution in [0.3, 0.4) is 0 Å². The number of hydrogen-bond acceptors (Lipinski definition) is 4. The van der Waals surface area contributed by atoms with Crippen LogP contribution in [0.1, 0.15) is 16.1 Å². The van der Waals surface area contributed by atoms with E-state index >= 15 is 0 Å². The van der Waals surface area contributed by atoms with Crippen LogP contribution in [0.2, 0.25) is 0 Å². The van der Waals surface area contributed by atoms with E-state index in [1.165, 1.54) is 29.5 Å². The molecule has 0 aliphatic heterocycles.